The highest BCUT2D eigenvalue weighted by Crippen LogP contribution is 2.21. The third-order valence-corrected chi connectivity index (χ3v) is 2.16. The van der Waals surface area contributed by atoms with Crippen LogP contribution < -0.4 is 5.73 Å². The lowest BCUT2D eigenvalue weighted by molar-refractivity contribution is 0.140. The Hall–Kier alpha value is -1.00. The number of aliphatic hydroxyl groups is 1. The van der Waals surface area contributed by atoms with Crippen molar-refractivity contribution in [1.82, 2.24) is 0 Å². The van der Waals surface area contributed by atoms with Gasteiger partial charge in [0.25, 0.3) is 0 Å². The number of aliphatic hydroxyl groups excluding tert-OH is 1. The van der Waals surface area contributed by atoms with Crippen LogP contribution in [0.5, 0.6) is 0 Å². The summed E-state index contributed by atoms with van der Waals surface area (Å²) in [5.41, 5.74) is 5.59. The summed E-state index contributed by atoms with van der Waals surface area (Å²) in [7, 11) is 0. The molecule has 0 saturated heterocycles. The molecule has 4 heteroatoms. The molecule has 0 aliphatic carbocycles. The minimum absolute atomic E-state index is 0.0424. The normalized spacial score (nSPS) is 15.2. The quantitative estimate of drug-likeness (QED) is 0.782. The molecule has 1 aromatic carbocycles. The molecule has 3 N–H and O–H groups in total. The molecule has 0 aliphatic rings. The van der Waals surface area contributed by atoms with Crippen LogP contribution in [0, 0.1) is 11.6 Å². The molecule has 0 radical (unpaired) electrons. The van der Waals surface area contributed by atoms with Crippen molar-refractivity contribution in [3.8, 4) is 0 Å². The molecule has 2 unspecified atom stereocenters. The van der Waals surface area contributed by atoms with Crippen LogP contribution in [0.25, 0.3) is 0 Å². The number of nitrogens with two attached hydrogens (primary N) is 1. The molecule has 0 aromatic heterocycles. The Morgan fingerprint density at radius 2 is 2.07 bits per heavy atom. The zero-order valence-electron chi connectivity index (χ0n) is 7.87. The van der Waals surface area contributed by atoms with E-state index in [9.17, 15) is 13.9 Å². The Morgan fingerprint density at radius 3 is 2.57 bits per heavy atom. The van der Waals surface area contributed by atoms with Crippen LogP contribution >= 0.6 is 0 Å². The Labute approximate surface area is 81.4 Å². The zero-order chi connectivity index (χ0) is 10.7. The van der Waals surface area contributed by atoms with E-state index in [1.165, 1.54) is 6.07 Å². The van der Waals surface area contributed by atoms with Gasteiger partial charge in [-0.25, -0.2) is 8.78 Å². The van der Waals surface area contributed by atoms with Crippen molar-refractivity contribution in [1.29, 1.82) is 0 Å². The van der Waals surface area contributed by atoms with Gasteiger partial charge in [-0.15, -0.1) is 0 Å². The number of hydrogen-bond acceptors (Lipinski definition) is 2. The van der Waals surface area contributed by atoms with E-state index in [0.717, 1.165) is 12.1 Å². The Balaban J connectivity index is 2.95. The topological polar surface area (TPSA) is 46.2 Å². The van der Waals surface area contributed by atoms with E-state index in [2.05, 4.69) is 0 Å². The van der Waals surface area contributed by atoms with E-state index in [-0.39, 0.29) is 5.56 Å². The van der Waals surface area contributed by atoms with E-state index in [1.807, 2.05) is 0 Å². The molecule has 0 bridgehead atoms. The number of benzene rings is 1. The van der Waals surface area contributed by atoms with Gasteiger partial charge in [-0.3, -0.25) is 0 Å². The van der Waals surface area contributed by atoms with Gasteiger partial charge in [-0.1, -0.05) is 13.0 Å². The molecule has 14 heavy (non-hydrogen) atoms. The van der Waals surface area contributed by atoms with Crippen LogP contribution in [-0.2, 0) is 0 Å². The molecular weight excluding hydrogens is 188 g/mol. The molecular formula is C10H13F2NO. The molecule has 0 fully saturated rings. The average molecular weight is 201 g/mol. The maximum atomic E-state index is 13.1. The number of rotatable bonds is 3. The zero-order valence-corrected chi connectivity index (χ0v) is 7.87. The number of hydrogen-bond donors (Lipinski definition) is 2. The van der Waals surface area contributed by atoms with Crippen molar-refractivity contribution in [2.24, 2.45) is 5.73 Å². The van der Waals surface area contributed by atoms with Gasteiger partial charge in [0.15, 0.2) is 0 Å². The molecule has 1 aromatic rings. The van der Waals surface area contributed by atoms with Crippen LogP contribution in [0.2, 0.25) is 0 Å². The van der Waals surface area contributed by atoms with Gasteiger partial charge in [0, 0.05) is 17.7 Å². The summed E-state index contributed by atoms with van der Waals surface area (Å²) in [6.07, 6.45) is -0.557. The maximum absolute atomic E-state index is 13.1. The summed E-state index contributed by atoms with van der Waals surface area (Å²) in [5.74, 6) is -1.43. The third kappa shape index (κ3) is 2.27. The van der Waals surface area contributed by atoms with Crippen LogP contribution in [0.15, 0.2) is 18.2 Å². The molecule has 0 amide bonds. The molecule has 0 spiro atoms. The second-order valence-electron chi connectivity index (χ2n) is 3.18. The fraction of sp³-hybridized carbons (Fsp3) is 0.400. The first-order valence-corrected chi connectivity index (χ1v) is 4.44. The van der Waals surface area contributed by atoms with Crippen molar-refractivity contribution in [2.75, 3.05) is 0 Å². The summed E-state index contributed by atoms with van der Waals surface area (Å²) < 4.78 is 25.7. The van der Waals surface area contributed by atoms with E-state index in [0.29, 0.717) is 6.42 Å². The average Bonchev–Trinajstić information content (AvgIpc) is 2.15. The summed E-state index contributed by atoms with van der Waals surface area (Å²) in [6, 6.07) is 2.52. The fourth-order valence-corrected chi connectivity index (χ4v) is 1.20. The lowest BCUT2D eigenvalue weighted by Gasteiger charge is -2.17. The molecule has 2 nitrogen and oxygen atoms in total. The summed E-state index contributed by atoms with van der Waals surface area (Å²) in [5, 5.41) is 9.57. The molecule has 0 aliphatic heterocycles. The highest BCUT2D eigenvalue weighted by Gasteiger charge is 2.18. The molecule has 0 saturated carbocycles. The van der Waals surface area contributed by atoms with Gasteiger partial charge in [0.1, 0.15) is 11.6 Å². The van der Waals surface area contributed by atoms with Gasteiger partial charge < -0.3 is 10.8 Å². The van der Waals surface area contributed by atoms with Crippen molar-refractivity contribution in [3.63, 3.8) is 0 Å². The van der Waals surface area contributed by atoms with E-state index in [1.54, 1.807) is 6.92 Å². The standard InChI is InChI=1S/C10H13F2NO/c1-2-9(13)10(14)7-4-3-6(11)5-8(7)12/h3-5,9-10,14H,2,13H2,1H3. The van der Waals surface area contributed by atoms with Crippen LogP contribution in [0.4, 0.5) is 8.78 Å². The third-order valence-electron chi connectivity index (χ3n) is 2.16. The Kier molecular flexibility index (Phi) is 3.55. The first-order chi connectivity index (χ1) is 6.56. The highest BCUT2D eigenvalue weighted by molar-refractivity contribution is 5.21. The second-order valence-corrected chi connectivity index (χ2v) is 3.18. The summed E-state index contributed by atoms with van der Waals surface area (Å²) in [6.45, 7) is 1.79. The van der Waals surface area contributed by atoms with Crippen molar-refractivity contribution >= 4 is 0 Å². The predicted octanol–water partition coefficient (Wildman–Crippen LogP) is 1.74. The van der Waals surface area contributed by atoms with Gasteiger partial charge >= 0.3 is 0 Å². The minimum Gasteiger partial charge on any atom is -0.387 e. The second kappa shape index (κ2) is 4.48. The largest absolute Gasteiger partial charge is 0.387 e. The first-order valence-electron chi connectivity index (χ1n) is 4.44. The van der Waals surface area contributed by atoms with Gasteiger partial charge in [-0.2, -0.15) is 0 Å². The summed E-state index contributed by atoms with van der Waals surface area (Å²) >= 11 is 0. The van der Waals surface area contributed by atoms with Crippen LogP contribution in [-0.4, -0.2) is 11.1 Å². The van der Waals surface area contributed by atoms with E-state index in [4.69, 9.17) is 5.73 Å². The van der Waals surface area contributed by atoms with Gasteiger partial charge in [0.2, 0.25) is 0 Å². The highest BCUT2D eigenvalue weighted by atomic mass is 19.1. The van der Waals surface area contributed by atoms with E-state index < -0.39 is 23.8 Å². The molecule has 0 heterocycles. The van der Waals surface area contributed by atoms with Gasteiger partial charge in [0.05, 0.1) is 6.10 Å². The van der Waals surface area contributed by atoms with E-state index >= 15 is 0 Å². The van der Waals surface area contributed by atoms with Crippen molar-refractivity contribution in [2.45, 2.75) is 25.5 Å². The SMILES string of the molecule is CCC(N)C(O)c1ccc(F)cc1F. The summed E-state index contributed by atoms with van der Waals surface area (Å²) in [4.78, 5) is 0. The molecule has 2 atom stereocenters. The molecule has 1 rings (SSSR count). The van der Waals surface area contributed by atoms with Gasteiger partial charge in [-0.05, 0) is 12.5 Å². The van der Waals surface area contributed by atoms with Crippen molar-refractivity contribution in [3.05, 3.63) is 35.4 Å². The van der Waals surface area contributed by atoms with Crippen molar-refractivity contribution < 1.29 is 13.9 Å². The lowest BCUT2D eigenvalue weighted by atomic mass is 10.0. The first kappa shape index (κ1) is 11.1. The van der Waals surface area contributed by atoms with Crippen LogP contribution in [0.1, 0.15) is 25.0 Å². The minimum atomic E-state index is -1.08. The monoisotopic (exact) mass is 201 g/mol. The van der Waals surface area contributed by atoms with Crippen LogP contribution in [0.3, 0.4) is 0 Å². The number of halogens is 2. The fourth-order valence-electron chi connectivity index (χ4n) is 1.20. The lowest BCUT2D eigenvalue weighted by Crippen LogP contribution is -2.28. The molecule has 78 valence electrons. The smallest absolute Gasteiger partial charge is 0.131 e. The predicted molar refractivity (Wildman–Crippen MR) is 49.6 cm³/mol. The Bertz CT molecular complexity index is 317. The Morgan fingerprint density at radius 1 is 1.43 bits per heavy atom. The maximum Gasteiger partial charge on any atom is 0.131 e.